The summed E-state index contributed by atoms with van der Waals surface area (Å²) in [5.41, 5.74) is 4.89. The zero-order chi connectivity index (χ0) is 25.0. The normalized spacial score (nSPS) is 14.0. The Balaban J connectivity index is 1.28. The smallest absolute Gasteiger partial charge is 0.175 e. The van der Waals surface area contributed by atoms with E-state index in [0.29, 0.717) is 0 Å². The van der Waals surface area contributed by atoms with Crippen LogP contribution in [0.1, 0.15) is 11.3 Å². The summed E-state index contributed by atoms with van der Waals surface area (Å²) in [6.45, 7) is 5.55. The van der Waals surface area contributed by atoms with Gasteiger partial charge in [-0.15, -0.1) is 0 Å². The number of nitrogens with zero attached hydrogens (tertiary/aromatic N) is 6. The highest BCUT2D eigenvalue weighted by atomic mass is 15.4. The Morgan fingerprint density at radius 1 is 0.757 bits per heavy atom. The molecule has 0 spiro atoms. The molecule has 1 fully saturated rings. The number of hydrogen-bond acceptors (Lipinski definition) is 6. The first-order valence-electron chi connectivity index (χ1n) is 12.6. The van der Waals surface area contributed by atoms with Gasteiger partial charge in [-0.2, -0.15) is 5.10 Å². The summed E-state index contributed by atoms with van der Waals surface area (Å²) in [5, 5.41) is 8.28. The van der Waals surface area contributed by atoms with Crippen LogP contribution < -0.4 is 10.2 Å². The maximum Gasteiger partial charge on any atom is 0.175 e. The Morgan fingerprint density at radius 2 is 1.41 bits per heavy atom. The summed E-state index contributed by atoms with van der Waals surface area (Å²) in [5.74, 6) is 2.46. The Kier molecular flexibility index (Phi) is 6.25. The molecule has 0 amide bonds. The molecule has 0 saturated carbocycles. The lowest BCUT2D eigenvalue weighted by molar-refractivity contribution is 0.350. The molecule has 5 aromatic rings. The zero-order valence-electron chi connectivity index (χ0n) is 20.8. The third-order valence-electron chi connectivity index (χ3n) is 6.52. The quantitative estimate of drug-likeness (QED) is 0.333. The highest BCUT2D eigenvalue weighted by Crippen LogP contribution is 2.30. The number of aromatic nitrogens is 4. The first-order chi connectivity index (χ1) is 18.2. The van der Waals surface area contributed by atoms with Crippen molar-refractivity contribution in [3.05, 3.63) is 108 Å². The highest BCUT2D eigenvalue weighted by molar-refractivity contribution is 5.82. The lowest BCUT2D eigenvalue weighted by Gasteiger charge is -2.35. The second-order valence-corrected chi connectivity index (χ2v) is 9.18. The topological polar surface area (TPSA) is 62.1 Å². The molecular weight excluding hydrogens is 458 g/mol. The molecule has 0 aliphatic carbocycles. The van der Waals surface area contributed by atoms with Crippen molar-refractivity contribution in [2.75, 3.05) is 36.4 Å². The molecule has 0 unspecified atom stereocenters. The maximum atomic E-state index is 5.06. The van der Waals surface area contributed by atoms with Crippen LogP contribution in [-0.2, 0) is 0 Å². The molecule has 0 bridgehead atoms. The van der Waals surface area contributed by atoms with Crippen LogP contribution in [0.15, 0.2) is 97.2 Å². The van der Waals surface area contributed by atoms with Crippen LogP contribution in [0.5, 0.6) is 0 Å². The van der Waals surface area contributed by atoms with Gasteiger partial charge in [0.1, 0.15) is 5.82 Å². The Bertz CT molecular complexity index is 1520. The number of benzene rings is 3. The number of para-hydroxylation sites is 3. The second kappa shape index (κ2) is 10.1. The standard InChI is InChI=1S/C30H29N7/c1-23-22-28(37(34-23)25-12-6-3-7-13-25)33-29-30(32-27-15-9-8-14-26(27)31-29)36-20-18-35(19-21-36)17-16-24-10-4-2-5-11-24/h2-17,22H,18-21H2,1H3,(H,31,33)/b17-16+. The number of rotatable bonds is 6. The van der Waals surface area contributed by atoms with Gasteiger partial charge in [-0.1, -0.05) is 60.7 Å². The molecule has 1 N–H and O–H groups in total. The van der Waals surface area contributed by atoms with Gasteiger partial charge in [-0.3, -0.25) is 0 Å². The van der Waals surface area contributed by atoms with Crippen molar-refractivity contribution in [3.63, 3.8) is 0 Å². The summed E-state index contributed by atoms with van der Waals surface area (Å²) < 4.78 is 1.92. The third-order valence-corrected chi connectivity index (χ3v) is 6.52. The zero-order valence-corrected chi connectivity index (χ0v) is 20.8. The summed E-state index contributed by atoms with van der Waals surface area (Å²) in [4.78, 5) is 14.7. The van der Waals surface area contributed by atoms with Crippen molar-refractivity contribution in [1.29, 1.82) is 0 Å². The van der Waals surface area contributed by atoms with Crippen LogP contribution in [0.3, 0.4) is 0 Å². The van der Waals surface area contributed by atoms with E-state index < -0.39 is 0 Å². The van der Waals surface area contributed by atoms with Gasteiger partial charge in [0.15, 0.2) is 11.6 Å². The summed E-state index contributed by atoms with van der Waals surface area (Å²) in [6.07, 6.45) is 4.37. The molecule has 1 saturated heterocycles. The minimum Gasteiger partial charge on any atom is -0.374 e. The lowest BCUT2D eigenvalue weighted by atomic mass is 10.2. The fraction of sp³-hybridized carbons (Fsp3) is 0.167. The van der Waals surface area contributed by atoms with E-state index >= 15 is 0 Å². The second-order valence-electron chi connectivity index (χ2n) is 9.18. The van der Waals surface area contributed by atoms with Crippen molar-refractivity contribution >= 4 is 34.6 Å². The molecule has 1 aliphatic heterocycles. The van der Waals surface area contributed by atoms with E-state index in [4.69, 9.17) is 15.1 Å². The van der Waals surface area contributed by atoms with E-state index in [0.717, 1.165) is 66.0 Å². The van der Waals surface area contributed by atoms with Crippen molar-refractivity contribution in [3.8, 4) is 5.69 Å². The molecule has 7 nitrogen and oxygen atoms in total. The lowest BCUT2D eigenvalue weighted by Crippen LogP contribution is -2.44. The number of nitrogens with one attached hydrogen (secondary N) is 1. The number of anilines is 3. The molecule has 6 rings (SSSR count). The van der Waals surface area contributed by atoms with Gasteiger partial charge < -0.3 is 15.1 Å². The molecule has 184 valence electrons. The van der Waals surface area contributed by atoms with Crippen LogP contribution in [0.25, 0.3) is 22.8 Å². The molecule has 7 heteroatoms. The molecule has 2 aromatic heterocycles. The summed E-state index contributed by atoms with van der Waals surface area (Å²) >= 11 is 0. The van der Waals surface area contributed by atoms with Crippen molar-refractivity contribution in [1.82, 2.24) is 24.6 Å². The van der Waals surface area contributed by atoms with Gasteiger partial charge in [0, 0.05) is 32.2 Å². The Hall–Kier alpha value is -4.65. The van der Waals surface area contributed by atoms with Crippen molar-refractivity contribution < 1.29 is 0 Å². The Labute approximate surface area is 216 Å². The average Bonchev–Trinajstić information content (AvgIpc) is 3.32. The third kappa shape index (κ3) is 5.02. The van der Waals surface area contributed by atoms with E-state index in [9.17, 15) is 0 Å². The number of aryl methyl sites for hydroxylation is 1. The monoisotopic (exact) mass is 487 g/mol. The SMILES string of the molecule is Cc1cc(Nc2nc3ccccc3nc2N2CCN(/C=C/c3ccccc3)CC2)n(-c2ccccc2)n1. The predicted octanol–water partition coefficient (Wildman–Crippen LogP) is 5.66. The molecule has 0 radical (unpaired) electrons. The van der Waals surface area contributed by atoms with Crippen LogP contribution in [0.2, 0.25) is 0 Å². The van der Waals surface area contributed by atoms with Crippen LogP contribution in [0, 0.1) is 6.92 Å². The first kappa shape index (κ1) is 22.8. The van der Waals surface area contributed by atoms with E-state index in [2.05, 4.69) is 51.7 Å². The highest BCUT2D eigenvalue weighted by Gasteiger charge is 2.22. The van der Waals surface area contributed by atoms with Crippen LogP contribution >= 0.6 is 0 Å². The molecule has 37 heavy (non-hydrogen) atoms. The van der Waals surface area contributed by atoms with Gasteiger partial charge in [0.05, 0.1) is 22.4 Å². The van der Waals surface area contributed by atoms with Crippen molar-refractivity contribution in [2.45, 2.75) is 6.92 Å². The first-order valence-corrected chi connectivity index (χ1v) is 12.6. The van der Waals surface area contributed by atoms with Gasteiger partial charge in [-0.05, 0) is 49.0 Å². The molecule has 1 aliphatic rings. The van der Waals surface area contributed by atoms with E-state index in [1.807, 2.05) is 78.3 Å². The van der Waals surface area contributed by atoms with Gasteiger partial charge in [0.25, 0.3) is 0 Å². The number of piperazine rings is 1. The molecule has 3 aromatic carbocycles. The van der Waals surface area contributed by atoms with Gasteiger partial charge in [0.2, 0.25) is 0 Å². The maximum absolute atomic E-state index is 5.06. The van der Waals surface area contributed by atoms with E-state index in [1.165, 1.54) is 5.56 Å². The summed E-state index contributed by atoms with van der Waals surface area (Å²) in [7, 11) is 0. The average molecular weight is 488 g/mol. The fourth-order valence-electron chi connectivity index (χ4n) is 4.61. The number of hydrogen-bond donors (Lipinski definition) is 1. The largest absolute Gasteiger partial charge is 0.374 e. The molecular formula is C30H29N7. The Morgan fingerprint density at radius 3 is 2.14 bits per heavy atom. The predicted molar refractivity (Wildman–Crippen MR) is 150 cm³/mol. The van der Waals surface area contributed by atoms with E-state index in [1.54, 1.807) is 0 Å². The van der Waals surface area contributed by atoms with Crippen LogP contribution in [-0.4, -0.2) is 50.8 Å². The van der Waals surface area contributed by atoms with Gasteiger partial charge in [-0.25, -0.2) is 14.6 Å². The van der Waals surface area contributed by atoms with Gasteiger partial charge >= 0.3 is 0 Å². The van der Waals surface area contributed by atoms with E-state index in [-0.39, 0.29) is 0 Å². The van der Waals surface area contributed by atoms with Crippen molar-refractivity contribution in [2.24, 2.45) is 0 Å². The molecule has 3 heterocycles. The molecule has 0 atom stereocenters. The summed E-state index contributed by atoms with van der Waals surface area (Å²) in [6, 6.07) is 30.6. The number of fused-ring (bicyclic) bond motifs is 1. The minimum atomic E-state index is 0.740. The minimum absolute atomic E-state index is 0.740. The van der Waals surface area contributed by atoms with Crippen LogP contribution in [0.4, 0.5) is 17.5 Å². The fourth-order valence-corrected chi connectivity index (χ4v) is 4.61.